The highest BCUT2D eigenvalue weighted by molar-refractivity contribution is 7.89. The topological polar surface area (TPSA) is 129 Å². The molecule has 4 fully saturated rings. The molecule has 2 atom stereocenters. The molecule has 2 amide bonds. The lowest BCUT2D eigenvalue weighted by Crippen LogP contribution is -2.60. The molecular formula is C42H52FN7O6S. The monoisotopic (exact) mass is 801 g/mol. The van der Waals surface area contributed by atoms with Crippen molar-refractivity contribution in [1.29, 1.82) is 0 Å². The van der Waals surface area contributed by atoms with Crippen LogP contribution in [-0.4, -0.2) is 125 Å². The van der Waals surface area contributed by atoms with Crippen LogP contribution in [0.4, 0.5) is 15.0 Å². The molecule has 57 heavy (non-hydrogen) atoms. The molecule has 2 bridgehead atoms. The minimum atomic E-state index is -3.71. The molecule has 5 heterocycles. The van der Waals surface area contributed by atoms with Gasteiger partial charge in [0, 0.05) is 55.8 Å². The first-order chi connectivity index (χ1) is 27.1. The number of hydrogen-bond acceptors (Lipinski definition) is 10. The Balaban J connectivity index is 0.901. The summed E-state index contributed by atoms with van der Waals surface area (Å²) in [6.45, 7) is 16.3. The van der Waals surface area contributed by atoms with Crippen LogP contribution in [0, 0.1) is 23.1 Å². The molecular weight excluding hydrogens is 750 g/mol. The smallest absolute Gasteiger partial charge is 0.410 e. The Bertz CT molecular complexity index is 2150. The van der Waals surface area contributed by atoms with Crippen molar-refractivity contribution in [1.82, 2.24) is 29.0 Å². The van der Waals surface area contributed by atoms with Gasteiger partial charge in [-0.1, -0.05) is 11.8 Å². The summed E-state index contributed by atoms with van der Waals surface area (Å²) in [7, 11) is -3.71. The van der Waals surface area contributed by atoms with Crippen molar-refractivity contribution in [3.05, 3.63) is 71.9 Å². The van der Waals surface area contributed by atoms with Gasteiger partial charge in [-0.25, -0.2) is 27.6 Å². The molecule has 0 unspecified atom stereocenters. The van der Waals surface area contributed by atoms with Crippen molar-refractivity contribution >= 4 is 27.8 Å². The van der Waals surface area contributed by atoms with Gasteiger partial charge >= 0.3 is 6.09 Å². The van der Waals surface area contributed by atoms with Crippen LogP contribution < -0.4 is 9.64 Å². The number of amides is 2. The van der Waals surface area contributed by atoms with Gasteiger partial charge < -0.3 is 24.2 Å². The third-order valence-electron chi connectivity index (χ3n) is 11.4. The van der Waals surface area contributed by atoms with E-state index in [0.29, 0.717) is 37.6 Å². The molecule has 4 aliphatic heterocycles. The first-order valence-electron chi connectivity index (χ1n) is 19.7. The fourth-order valence-corrected chi connectivity index (χ4v) is 10.0. The number of aromatic nitrogens is 2. The lowest BCUT2D eigenvalue weighted by atomic mass is 9.72. The van der Waals surface area contributed by atoms with E-state index in [1.165, 1.54) is 28.8 Å². The van der Waals surface area contributed by atoms with E-state index in [-0.39, 0.29) is 52.2 Å². The molecule has 15 heteroatoms. The predicted molar refractivity (Wildman–Crippen MR) is 213 cm³/mol. The number of rotatable bonds is 9. The number of piperidine rings is 1. The number of carbonyl (C=O) groups excluding carboxylic acids is 2. The Kier molecular flexibility index (Phi) is 11.3. The minimum Gasteiger partial charge on any atom is -0.451 e. The van der Waals surface area contributed by atoms with E-state index in [1.54, 1.807) is 40.3 Å². The van der Waals surface area contributed by atoms with E-state index in [1.807, 2.05) is 41.5 Å². The summed E-state index contributed by atoms with van der Waals surface area (Å²) in [5, 5.41) is 0. The number of ether oxygens (including phenoxy) is 2. The highest BCUT2D eigenvalue weighted by Gasteiger charge is 2.51. The van der Waals surface area contributed by atoms with Crippen LogP contribution in [0.25, 0.3) is 0 Å². The van der Waals surface area contributed by atoms with Crippen molar-refractivity contribution in [2.24, 2.45) is 5.41 Å². The summed E-state index contributed by atoms with van der Waals surface area (Å²) in [6, 6.07) is 10.2. The van der Waals surface area contributed by atoms with E-state index < -0.39 is 27.5 Å². The molecule has 2 aromatic carbocycles. The second-order valence-corrected chi connectivity index (χ2v) is 18.7. The van der Waals surface area contributed by atoms with Gasteiger partial charge in [0.2, 0.25) is 10.0 Å². The molecule has 0 aliphatic carbocycles. The summed E-state index contributed by atoms with van der Waals surface area (Å²) in [5.74, 6) is 6.96. The maximum Gasteiger partial charge on any atom is 0.410 e. The number of anilines is 1. The Hall–Kier alpha value is -4.78. The van der Waals surface area contributed by atoms with Crippen LogP contribution in [0.3, 0.4) is 0 Å². The summed E-state index contributed by atoms with van der Waals surface area (Å²) in [6.07, 6.45) is 5.29. The number of fused-ring (bicyclic) bond motifs is 2. The fourth-order valence-electron chi connectivity index (χ4n) is 8.38. The van der Waals surface area contributed by atoms with E-state index in [0.717, 1.165) is 44.6 Å². The van der Waals surface area contributed by atoms with Gasteiger partial charge in [0.15, 0.2) is 11.6 Å². The summed E-state index contributed by atoms with van der Waals surface area (Å²) < 4.78 is 54.7. The number of benzene rings is 2. The molecule has 7 rings (SSSR count). The van der Waals surface area contributed by atoms with E-state index in [4.69, 9.17) is 9.47 Å². The highest BCUT2D eigenvalue weighted by atomic mass is 32.2. The van der Waals surface area contributed by atoms with Gasteiger partial charge in [0.1, 0.15) is 23.5 Å². The zero-order chi connectivity index (χ0) is 40.7. The van der Waals surface area contributed by atoms with Gasteiger partial charge in [-0.15, -0.1) is 0 Å². The first kappa shape index (κ1) is 40.4. The van der Waals surface area contributed by atoms with E-state index >= 15 is 0 Å². The largest absolute Gasteiger partial charge is 0.451 e. The lowest BCUT2D eigenvalue weighted by Gasteiger charge is -2.54. The van der Waals surface area contributed by atoms with Crippen molar-refractivity contribution < 1.29 is 31.9 Å². The number of likely N-dealkylation sites (tertiary alicyclic amines) is 2. The Labute approximate surface area is 335 Å². The van der Waals surface area contributed by atoms with E-state index in [9.17, 15) is 22.4 Å². The SMILES string of the molecule is CCN(C(=O)c1cc(F)ccc1Oc1cncnc1N1CC2(CCN(CC#Cc3ccc(S(=O)(=O)N4C[C@@H]5C[C@H]4CN5C(=O)OC(C)(C)C)cc3)CC2)C1)C(C)C. The highest BCUT2D eigenvalue weighted by Crippen LogP contribution is 2.45. The van der Waals surface area contributed by atoms with Crippen LogP contribution in [0.15, 0.2) is 59.9 Å². The van der Waals surface area contributed by atoms with Crippen LogP contribution in [0.5, 0.6) is 11.5 Å². The molecule has 4 saturated heterocycles. The molecule has 3 aromatic rings. The third-order valence-corrected chi connectivity index (χ3v) is 13.3. The minimum absolute atomic E-state index is 0.0597. The lowest BCUT2D eigenvalue weighted by molar-refractivity contribution is 0.0172. The standard InChI is InChI=1S/C42H52FN7O6S/c1-7-48(29(2)3)39(51)35-21-31(43)12-15-36(35)55-37-23-44-28-45-38(37)47-26-42(27-47)16-19-46(20-17-42)18-8-9-30-10-13-34(14-11-30)57(53,54)50-25-32-22-33(50)24-49(32)40(52)56-41(4,5)6/h10-15,21,23,28-29,32-33H,7,16-20,22,24-27H2,1-6H3/t32-,33-/m0/s1. The predicted octanol–water partition coefficient (Wildman–Crippen LogP) is 5.61. The number of sulfonamides is 1. The quantitative estimate of drug-likeness (QED) is 0.252. The first-order valence-corrected chi connectivity index (χ1v) is 21.2. The van der Waals surface area contributed by atoms with Crippen molar-refractivity contribution in [3.63, 3.8) is 0 Å². The zero-order valence-electron chi connectivity index (χ0n) is 33.6. The van der Waals surface area contributed by atoms with Crippen molar-refractivity contribution in [2.75, 3.05) is 57.3 Å². The normalized spacial score (nSPS) is 20.6. The van der Waals surface area contributed by atoms with Crippen LogP contribution in [-0.2, 0) is 14.8 Å². The van der Waals surface area contributed by atoms with Gasteiger partial charge in [-0.3, -0.25) is 9.69 Å². The number of halogens is 1. The van der Waals surface area contributed by atoms with Gasteiger partial charge in [0.25, 0.3) is 5.91 Å². The maximum absolute atomic E-state index is 14.3. The number of nitrogens with zero attached hydrogens (tertiary/aromatic N) is 7. The van der Waals surface area contributed by atoms with Crippen LogP contribution in [0.1, 0.15) is 76.7 Å². The Morgan fingerprint density at radius 1 is 1.04 bits per heavy atom. The summed E-state index contributed by atoms with van der Waals surface area (Å²) >= 11 is 0. The Morgan fingerprint density at radius 3 is 2.39 bits per heavy atom. The molecule has 1 aromatic heterocycles. The maximum atomic E-state index is 14.3. The zero-order valence-corrected chi connectivity index (χ0v) is 34.4. The van der Waals surface area contributed by atoms with Crippen LogP contribution in [0.2, 0.25) is 0 Å². The molecule has 1 spiro atoms. The number of piperazine rings is 1. The van der Waals surface area contributed by atoms with E-state index in [2.05, 4.69) is 31.6 Å². The van der Waals surface area contributed by atoms with Crippen LogP contribution >= 0.6 is 0 Å². The fraction of sp³-hybridized carbons (Fsp3) is 0.524. The van der Waals surface area contributed by atoms with Crippen molar-refractivity contribution in [2.45, 2.75) is 89.4 Å². The summed E-state index contributed by atoms with van der Waals surface area (Å²) in [5.41, 5.74) is 0.440. The molecule has 4 aliphatic rings. The second kappa shape index (κ2) is 15.9. The number of hydrogen-bond donors (Lipinski definition) is 0. The molecule has 13 nitrogen and oxygen atoms in total. The molecule has 0 radical (unpaired) electrons. The Morgan fingerprint density at radius 2 is 1.75 bits per heavy atom. The summed E-state index contributed by atoms with van der Waals surface area (Å²) in [4.78, 5) is 42.8. The van der Waals surface area contributed by atoms with Crippen molar-refractivity contribution in [3.8, 4) is 23.3 Å². The van der Waals surface area contributed by atoms with Gasteiger partial charge in [-0.05, 0) is 116 Å². The second-order valence-electron chi connectivity index (χ2n) is 16.8. The molecule has 0 N–H and O–H groups in total. The number of carbonyl (C=O) groups is 2. The van der Waals surface area contributed by atoms with Gasteiger partial charge in [0.05, 0.1) is 29.2 Å². The molecule has 0 saturated carbocycles. The average molecular weight is 802 g/mol. The van der Waals surface area contributed by atoms with Gasteiger partial charge in [-0.2, -0.15) is 4.31 Å². The average Bonchev–Trinajstić information content (AvgIpc) is 3.78. The molecule has 304 valence electrons. The third kappa shape index (κ3) is 8.59.